The van der Waals surface area contributed by atoms with Crippen LogP contribution in [-0.2, 0) is 36.9 Å². The molecule has 284 valence electrons. The number of rotatable bonds is 20. The lowest BCUT2D eigenvalue weighted by Crippen LogP contribution is -2.57. The van der Waals surface area contributed by atoms with E-state index < -0.39 is 64.6 Å². The number of amides is 5. The van der Waals surface area contributed by atoms with E-state index in [-0.39, 0.29) is 45.4 Å². The Morgan fingerprint density at radius 3 is 1.96 bits per heavy atom. The number of primary amides is 1. The molecule has 18 nitrogen and oxygen atoms in total. The molecule has 0 aromatic heterocycles. The molecule has 18 heteroatoms. The van der Waals surface area contributed by atoms with Gasteiger partial charge < -0.3 is 42.2 Å². The van der Waals surface area contributed by atoms with Crippen LogP contribution >= 0.6 is 0 Å². The summed E-state index contributed by atoms with van der Waals surface area (Å²) in [7, 11) is 0. The highest BCUT2D eigenvalue weighted by atomic mass is 16.7. The normalized spacial score (nSPS) is 13.0. The minimum absolute atomic E-state index is 0.00224. The lowest BCUT2D eigenvalue weighted by atomic mass is 10.0. The van der Waals surface area contributed by atoms with E-state index in [1.54, 1.807) is 56.5 Å². The molecule has 0 saturated heterocycles. The average molecular weight is 728 g/mol. The van der Waals surface area contributed by atoms with Gasteiger partial charge in [-0.3, -0.25) is 14.4 Å². The molecule has 0 fully saturated rings. The van der Waals surface area contributed by atoms with E-state index in [1.165, 1.54) is 0 Å². The van der Waals surface area contributed by atoms with Crippen LogP contribution in [-0.4, -0.2) is 77.7 Å². The van der Waals surface area contributed by atoms with Gasteiger partial charge in [-0.05, 0) is 64.0 Å². The summed E-state index contributed by atoms with van der Waals surface area (Å²) in [6.07, 6.45) is -0.259. The van der Waals surface area contributed by atoms with Crippen LogP contribution in [0.4, 0.5) is 9.59 Å². The van der Waals surface area contributed by atoms with Crippen LogP contribution in [0, 0.1) is 10.1 Å². The second-order valence-corrected chi connectivity index (χ2v) is 12.7. The number of hydrogen-bond acceptors (Lipinski definition) is 10. The van der Waals surface area contributed by atoms with Crippen molar-refractivity contribution in [1.82, 2.24) is 26.7 Å². The maximum absolute atomic E-state index is 13.6. The van der Waals surface area contributed by atoms with E-state index in [2.05, 4.69) is 26.3 Å². The Morgan fingerprint density at radius 2 is 1.37 bits per heavy atom. The van der Waals surface area contributed by atoms with E-state index in [0.717, 1.165) is 5.56 Å². The molecule has 2 aromatic carbocycles. The zero-order chi connectivity index (χ0) is 38.5. The number of benzene rings is 2. The Bertz CT molecular complexity index is 1500. The lowest BCUT2D eigenvalue weighted by Gasteiger charge is -2.26. The van der Waals surface area contributed by atoms with Gasteiger partial charge in [0.2, 0.25) is 17.7 Å². The van der Waals surface area contributed by atoms with Crippen molar-refractivity contribution in [1.29, 1.82) is 0 Å². The third-order valence-corrected chi connectivity index (χ3v) is 7.12. The van der Waals surface area contributed by atoms with Crippen LogP contribution in [0.5, 0.6) is 0 Å². The van der Waals surface area contributed by atoms with Crippen LogP contribution < -0.4 is 38.2 Å². The first kappa shape index (κ1) is 42.2. The van der Waals surface area contributed by atoms with Crippen LogP contribution in [0.3, 0.4) is 0 Å². The summed E-state index contributed by atoms with van der Waals surface area (Å²) >= 11 is 0. The second-order valence-electron chi connectivity index (χ2n) is 12.7. The van der Waals surface area contributed by atoms with E-state index in [1.807, 2.05) is 30.3 Å². The molecular formula is C34H49N9O9. The summed E-state index contributed by atoms with van der Waals surface area (Å²) in [6, 6.07) is 14.5. The molecule has 0 spiro atoms. The molecule has 3 atom stereocenters. The van der Waals surface area contributed by atoms with Gasteiger partial charge in [-0.2, -0.15) is 0 Å². The number of aliphatic imine (C=N–C) groups is 1. The second kappa shape index (κ2) is 22.0. The average Bonchev–Trinajstić information content (AvgIpc) is 3.07. The molecule has 2 rings (SSSR count). The number of carbonyl (C=O) groups excluding carboxylic acids is 5. The molecule has 0 radical (unpaired) electrons. The number of nitrogens with one attached hydrogen (secondary N) is 5. The summed E-state index contributed by atoms with van der Waals surface area (Å²) in [5.74, 6) is -2.65. The molecule has 0 unspecified atom stereocenters. The Labute approximate surface area is 301 Å². The number of nitrogens with two attached hydrogens (primary N) is 2. The van der Waals surface area contributed by atoms with Crippen molar-refractivity contribution in [2.24, 2.45) is 16.5 Å². The number of hydrogen-bond donors (Lipinski definition) is 7. The predicted octanol–water partition coefficient (Wildman–Crippen LogP) is 1.55. The highest BCUT2D eigenvalue weighted by Gasteiger charge is 2.30. The van der Waals surface area contributed by atoms with Crippen LogP contribution in [0.15, 0.2) is 65.7 Å². The summed E-state index contributed by atoms with van der Waals surface area (Å²) in [6.45, 7) is 5.30. The highest BCUT2D eigenvalue weighted by molar-refractivity contribution is 5.93. The first-order chi connectivity index (χ1) is 24.6. The predicted molar refractivity (Wildman–Crippen MR) is 191 cm³/mol. The first-order valence-electron chi connectivity index (χ1n) is 16.7. The molecule has 0 aliphatic heterocycles. The van der Waals surface area contributed by atoms with E-state index in [0.29, 0.717) is 18.4 Å². The summed E-state index contributed by atoms with van der Waals surface area (Å²) in [4.78, 5) is 78.6. The van der Waals surface area contributed by atoms with Gasteiger partial charge in [0.15, 0.2) is 5.03 Å². The van der Waals surface area contributed by atoms with Gasteiger partial charge in [-0.15, -0.1) is 0 Å². The van der Waals surface area contributed by atoms with Gasteiger partial charge >= 0.3 is 12.2 Å². The first-order valence-corrected chi connectivity index (χ1v) is 16.7. The molecule has 0 saturated carbocycles. The SMILES string of the molecule is CC(C)(C)OC(=O)N[C@H](CCCN=C(N)N[N+](=O)[O-])C(=O)N[C@@H](Cc1ccccc1)C(=O)N[C@@H](CCCCNC(=O)OCc1ccccc1)C(N)=O. The maximum atomic E-state index is 13.6. The molecule has 0 aliphatic carbocycles. The largest absolute Gasteiger partial charge is 0.445 e. The number of nitro groups is 1. The summed E-state index contributed by atoms with van der Waals surface area (Å²) in [5, 5.41) is 20.1. The van der Waals surface area contributed by atoms with Crippen molar-refractivity contribution in [3.8, 4) is 0 Å². The number of hydrazine groups is 1. The molecule has 2 aromatic rings. The number of alkyl carbamates (subject to hydrolysis) is 2. The highest BCUT2D eigenvalue weighted by Crippen LogP contribution is 2.10. The van der Waals surface area contributed by atoms with Crippen molar-refractivity contribution in [3.63, 3.8) is 0 Å². The Kier molecular flexibility index (Phi) is 17.9. The quantitative estimate of drug-likeness (QED) is 0.0338. The number of ether oxygens (including phenoxy) is 2. The maximum Gasteiger partial charge on any atom is 0.408 e. The van der Waals surface area contributed by atoms with Crippen molar-refractivity contribution < 1.29 is 38.5 Å². The number of guanidine groups is 1. The summed E-state index contributed by atoms with van der Waals surface area (Å²) in [5.41, 5.74) is 13.4. The fourth-order valence-electron chi connectivity index (χ4n) is 4.67. The molecule has 52 heavy (non-hydrogen) atoms. The van der Waals surface area contributed by atoms with Crippen LogP contribution in [0.1, 0.15) is 64.0 Å². The third kappa shape index (κ3) is 18.2. The van der Waals surface area contributed by atoms with Crippen molar-refractivity contribution >= 4 is 35.9 Å². The van der Waals surface area contributed by atoms with Gasteiger partial charge in [0.25, 0.3) is 5.96 Å². The summed E-state index contributed by atoms with van der Waals surface area (Å²) < 4.78 is 10.5. The van der Waals surface area contributed by atoms with E-state index >= 15 is 0 Å². The molecule has 0 heterocycles. The van der Waals surface area contributed by atoms with Gasteiger partial charge in [0.1, 0.15) is 30.3 Å². The monoisotopic (exact) mass is 727 g/mol. The number of carbonyl (C=O) groups is 5. The molecular weight excluding hydrogens is 678 g/mol. The smallest absolute Gasteiger partial charge is 0.408 e. The fraction of sp³-hybridized carbons (Fsp3) is 0.471. The molecule has 9 N–H and O–H groups in total. The van der Waals surface area contributed by atoms with Gasteiger partial charge in [-0.1, -0.05) is 66.1 Å². The van der Waals surface area contributed by atoms with Gasteiger partial charge in [0.05, 0.1) is 0 Å². The van der Waals surface area contributed by atoms with Crippen LogP contribution in [0.25, 0.3) is 0 Å². The van der Waals surface area contributed by atoms with Crippen molar-refractivity contribution in [2.45, 2.75) is 89.6 Å². The van der Waals surface area contributed by atoms with Crippen molar-refractivity contribution in [2.75, 3.05) is 13.1 Å². The van der Waals surface area contributed by atoms with Crippen molar-refractivity contribution in [3.05, 3.63) is 81.9 Å². The van der Waals surface area contributed by atoms with Gasteiger partial charge in [0, 0.05) is 19.5 Å². The third-order valence-electron chi connectivity index (χ3n) is 7.12. The molecule has 0 bridgehead atoms. The number of nitrogens with zero attached hydrogens (tertiary/aromatic N) is 2. The van der Waals surface area contributed by atoms with Gasteiger partial charge in [-0.25, -0.2) is 24.7 Å². The zero-order valence-electron chi connectivity index (χ0n) is 29.6. The van der Waals surface area contributed by atoms with E-state index in [9.17, 15) is 34.1 Å². The minimum Gasteiger partial charge on any atom is -0.445 e. The molecule has 5 amide bonds. The topological polar surface area (TPSA) is 272 Å². The number of unbranched alkanes of at least 4 members (excludes halogenated alkanes) is 1. The fourth-order valence-corrected chi connectivity index (χ4v) is 4.67. The van der Waals surface area contributed by atoms with Crippen LogP contribution in [0.2, 0.25) is 0 Å². The standard InChI is InChI=1S/C34H49N9O9/c1-34(2,3)52-33(48)41-26(18-12-20-37-31(36)42-43(49)50)29(45)40-27(21-23-13-6-4-7-14-23)30(46)39-25(28(35)44)17-10-11-19-38-32(47)51-22-24-15-8-5-9-16-24/h4-9,13-16,25-27H,10-12,17-22H2,1-3H3,(H2,35,44)(H,38,47)(H,39,46)(H,40,45)(H,41,48)(H3,36,37,42)/t25-,26+,27-/m0/s1. The van der Waals surface area contributed by atoms with E-state index in [4.69, 9.17) is 20.9 Å². The Hall–Kier alpha value is -5.94. The Morgan fingerprint density at radius 1 is 0.788 bits per heavy atom. The Balaban J connectivity index is 2.07. The minimum atomic E-state index is -1.21. The molecule has 0 aliphatic rings. The lowest BCUT2D eigenvalue weighted by molar-refractivity contribution is -0.525. The zero-order valence-corrected chi connectivity index (χ0v) is 29.6.